The Hall–Kier alpha value is -3.00. The molecule has 3 aromatic rings. The van der Waals surface area contributed by atoms with E-state index >= 15 is 0 Å². The molecule has 1 aromatic carbocycles. The van der Waals surface area contributed by atoms with Crippen LogP contribution in [-0.4, -0.2) is 43.1 Å². The molecular weight excluding hydrogens is 394 g/mol. The number of carbonyl (C=O) groups is 1. The van der Waals surface area contributed by atoms with Crippen LogP contribution in [0.2, 0.25) is 0 Å². The number of hydrogen-bond acceptors (Lipinski definition) is 6. The summed E-state index contributed by atoms with van der Waals surface area (Å²) in [7, 11) is 1.76. The number of aliphatic hydroxyl groups is 1. The third kappa shape index (κ3) is 5.02. The second-order valence-corrected chi connectivity index (χ2v) is 8.88. The van der Waals surface area contributed by atoms with E-state index in [0.717, 1.165) is 31.2 Å². The molecule has 0 bridgehead atoms. The predicted molar refractivity (Wildman–Crippen MR) is 117 cm³/mol. The van der Waals surface area contributed by atoms with Crippen LogP contribution < -0.4 is 10.1 Å². The highest BCUT2D eigenvalue weighted by Crippen LogP contribution is 2.35. The first-order chi connectivity index (χ1) is 14.8. The molecule has 2 N–H and O–H groups in total. The molecule has 164 valence electrons. The highest BCUT2D eigenvalue weighted by molar-refractivity contribution is 5.96. The molecule has 2 heterocycles. The number of carbonyl (C=O) groups excluding carboxylic acids is 1. The molecular formula is C23H29N5O3. The number of benzene rings is 1. The van der Waals surface area contributed by atoms with Gasteiger partial charge in [-0.1, -0.05) is 0 Å². The van der Waals surface area contributed by atoms with E-state index in [1.54, 1.807) is 37.5 Å². The molecule has 1 amide bonds. The molecule has 0 aliphatic heterocycles. The summed E-state index contributed by atoms with van der Waals surface area (Å²) in [6.07, 6.45) is 5.57. The Kier molecular flexibility index (Phi) is 5.91. The van der Waals surface area contributed by atoms with Gasteiger partial charge in [-0.15, -0.1) is 0 Å². The zero-order valence-corrected chi connectivity index (χ0v) is 18.2. The predicted octanol–water partition coefficient (Wildman–Crippen LogP) is 3.46. The molecule has 2 aromatic heterocycles. The minimum atomic E-state index is -0.634. The fourth-order valence-electron chi connectivity index (χ4n) is 4.23. The monoisotopic (exact) mass is 423 g/mol. The molecule has 1 fully saturated rings. The maximum Gasteiger partial charge on any atom is 0.256 e. The van der Waals surface area contributed by atoms with Crippen molar-refractivity contribution in [3.05, 3.63) is 42.1 Å². The largest absolute Gasteiger partial charge is 0.438 e. The van der Waals surface area contributed by atoms with Crippen LogP contribution in [0, 0.1) is 11.8 Å². The van der Waals surface area contributed by atoms with E-state index in [-0.39, 0.29) is 11.8 Å². The maximum atomic E-state index is 12.8. The van der Waals surface area contributed by atoms with Gasteiger partial charge in [0.1, 0.15) is 22.3 Å². The van der Waals surface area contributed by atoms with Gasteiger partial charge < -0.3 is 15.2 Å². The van der Waals surface area contributed by atoms with Gasteiger partial charge in [0.2, 0.25) is 5.88 Å². The van der Waals surface area contributed by atoms with Crippen LogP contribution in [0.3, 0.4) is 0 Å². The molecule has 31 heavy (non-hydrogen) atoms. The summed E-state index contributed by atoms with van der Waals surface area (Å²) in [5, 5.41) is 21.8. The minimum absolute atomic E-state index is 0.201. The molecule has 1 aliphatic carbocycles. The number of aromatic nitrogens is 4. The molecule has 1 saturated carbocycles. The molecule has 1 aliphatic rings. The van der Waals surface area contributed by atoms with E-state index in [0.29, 0.717) is 35.2 Å². The van der Waals surface area contributed by atoms with Crippen LogP contribution in [0.25, 0.3) is 11.0 Å². The van der Waals surface area contributed by atoms with Crippen LogP contribution >= 0.6 is 0 Å². The van der Waals surface area contributed by atoms with Crippen LogP contribution in [-0.2, 0) is 7.05 Å². The van der Waals surface area contributed by atoms with Gasteiger partial charge in [0, 0.05) is 25.9 Å². The highest BCUT2D eigenvalue weighted by Gasteiger charge is 2.31. The molecule has 0 radical (unpaired) electrons. The Labute approximate surface area is 181 Å². The van der Waals surface area contributed by atoms with Gasteiger partial charge in [0.25, 0.3) is 5.91 Å². The van der Waals surface area contributed by atoms with Gasteiger partial charge in [0.15, 0.2) is 0 Å². The molecule has 4 rings (SSSR count). The lowest BCUT2D eigenvalue weighted by atomic mass is 9.75. The zero-order chi connectivity index (χ0) is 22.0. The average molecular weight is 424 g/mol. The average Bonchev–Trinajstić information content (AvgIpc) is 3.11. The summed E-state index contributed by atoms with van der Waals surface area (Å²) >= 11 is 0. The lowest BCUT2D eigenvalue weighted by Crippen LogP contribution is -2.37. The Bertz CT molecular complexity index is 1060. The summed E-state index contributed by atoms with van der Waals surface area (Å²) in [6, 6.07) is 8.82. The van der Waals surface area contributed by atoms with E-state index in [4.69, 9.17) is 4.74 Å². The first-order valence-electron chi connectivity index (χ1n) is 10.7. The second kappa shape index (κ2) is 8.63. The molecule has 0 spiro atoms. The molecule has 8 nitrogen and oxygen atoms in total. The fraction of sp³-hybridized carbons (Fsp3) is 0.478. The first-order valence-corrected chi connectivity index (χ1v) is 10.7. The number of amides is 1. The minimum Gasteiger partial charge on any atom is -0.438 e. The Balaban J connectivity index is 1.39. The van der Waals surface area contributed by atoms with E-state index in [1.165, 1.54) is 4.80 Å². The Morgan fingerprint density at radius 1 is 1.19 bits per heavy atom. The van der Waals surface area contributed by atoms with Gasteiger partial charge in [-0.05, 0) is 75.6 Å². The van der Waals surface area contributed by atoms with Crippen LogP contribution in [0.1, 0.15) is 49.9 Å². The third-order valence-electron chi connectivity index (χ3n) is 6.08. The number of nitrogens with zero attached hydrogens (tertiary/aromatic N) is 4. The van der Waals surface area contributed by atoms with Gasteiger partial charge >= 0.3 is 0 Å². The van der Waals surface area contributed by atoms with Crippen LogP contribution in [0.4, 0.5) is 0 Å². The highest BCUT2D eigenvalue weighted by atomic mass is 16.5. The topological polar surface area (TPSA) is 102 Å². The van der Waals surface area contributed by atoms with Crippen molar-refractivity contribution >= 4 is 16.9 Å². The van der Waals surface area contributed by atoms with Crippen molar-refractivity contribution < 1.29 is 14.6 Å². The quantitative estimate of drug-likeness (QED) is 0.629. The van der Waals surface area contributed by atoms with Crippen molar-refractivity contribution in [1.82, 2.24) is 25.3 Å². The Morgan fingerprint density at radius 2 is 1.94 bits per heavy atom. The number of ether oxygens (including phenoxy) is 1. The number of hydrogen-bond donors (Lipinski definition) is 2. The maximum absolute atomic E-state index is 12.8. The summed E-state index contributed by atoms with van der Waals surface area (Å²) in [4.78, 5) is 18.6. The van der Waals surface area contributed by atoms with Crippen molar-refractivity contribution in [3.8, 4) is 11.6 Å². The van der Waals surface area contributed by atoms with Crippen molar-refractivity contribution in [2.75, 3.05) is 6.54 Å². The SMILES string of the molecule is Cn1nc2ccc(Oc3ncccc3C(=O)NC[C@H]3CC[C@H](C(C)(C)O)CC3)cc2n1. The van der Waals surface area contributed by atoms with E-state index < -0.39 is 5.60 Å². The van der Waals surface area contributed by atoms with Crippen molar-refractivity contribution in [1.29, 1.82) is 0 Å². The van der Waals surface area contributed by atoms with Gasteiger partial charge in [0.05, 0.1) is 5.60 Å². The smallest absolute Gasteiger partial charge is 0.256 e. The number of nitrogens with one attached hydrogen (secondary N) is 1. The molecule has 0 atom stereocenters. The van der Waals surface area contributed by atoms with E-state index in [2.05, 4.69) is 20.5 Å². The lowest BCUT2D eigenvalue weighted by molar-refractivity contribution is -0.00575. The lowest BCUT2D eigenvalue weighted by Gasteiger charge is -2.35. The van der Waals surface area contributed by atoms with E-state index in [9.17, 15) is 9.90 Å². The number of aryl methyl sites for hydroxylation is 1. The number of fused-ring (bicyclic) bond motifs is 1. The normalized spacial score (nSPS) is 19.4. The number of rotatable bonds is 6. The van der Waals surface area contributed by atoms with Crippen molar-refractivity contribution in [3.63, 3.8) is 0 Å². The van der Waals surface area contributed by atoms with Crippen molar-refractivity contribution in [2.45, 2.75) is 45.1 Å². The fourth-order valence-corrected chi connectivity index (χ4v) is 4.23. The number of pyridine rings is 1. The zero-order valence-electron chi connectivity index (χ0n) is 18.2. The van der Waals surface area contributed by atoms with E-state index in [1.807, 2.05) is 19.9 Å². The van der Waals surface area contributed by atoms with Gasteiger partial charge in [-0.3, -0.25) is 4.79 Å². The Morgan fingerprint density at radius 3 is 2.68 bits per heavy atom. The second-order valence-electron chi connectivity index (χ2n) is 8.88. The summed E-state index contributed by atoms with van der Waals surface area (Å²) in [5.74, 6) is 1.35. The summed E-state index contributed by atoms with van der Waals surface area (Å²) in [5.41, 5.74) is 1.24. The summed E-state index contributed by atoms with van der Waals surface area (Å²) in [6.45, 7) is 4.37. The molecule has 0 unspecified atom stereocenters. The van der Waals surface area contributed by atoms with Gasteiger partial charge in [-0.2, -0.15) is 15.0 Å². The summed E-state index contributed by atoms with van der Waals surface area (Å²) < 4.78 is 5.91. The van der Waals surface area contributed by atoms with Crippen LogP contribution in [0.15, 0.2) is 36.5 Å². The van der Waals surface area contributed by atoms with Gasteiger partial charge in [-0.25, -0.2) is 4.98 Å². The van der Waals surface area contributed by atoms with Crippen molar-refractivity contribution in [2.24, 2.45) is 18.9 Å². The third-order valence-corrected chi connectivity index (χ3v) is 6.08. The molecule has 8 heteroatoms. The standard InChI is InChI=1S/C23H29N5O3/c1-23(2,30)16-8-6-15(7-9-16)14-25-21(29)18-5-4-12-24-22(18)31-17-10-11-19-20(13-17)27-28(3)26-19/h4-5,10-13,15-16,30H,6-9,14H2,1-3H3,(H,25,29)/t15-,16-. The van der Waals surface area contributed by atoms with Crippen LogP contribution in [0.5, 0.6) is 11.6 Å². The molecule has 0 saturated heterocycles. The first kappa shape index (κ1) is 21.2.